The molecule has 0 saturated carbocycles. The van der Waals surface area contributed by atoms with E-state index in [1.54, 1.807) is 0 Å². The Kier molecular flexibility index (Phi) is 10.6. The summed E-state index contributed by atoms with van der Waals surface area (Å²) in [5.74, 6) is 0.840. The molecule has 0 aromatic heterocycles. The molecule has 4 heteroatoms. The number of likely N-dealkylation sites (N-methyl/N-ethyl adjacent to an activating group) is 1. The van der Waals surface area contributed by atoms with Crippen LogP contribution in [0.5, 0.6) is 5.75 Å². The van der Waals surface area contributed by atoms with Crippen molar-refractivity contribution in [3.8, 4) is 5.75 Å². The molecule has 0 aliphatic heterocycles. The molecule has 0 radical (unpaired) electrons. The maximum absolute atomic E-state index is 13.3. The van der Waals surface area contributed by atoms with E-state index in [0.29, 0.717) is 6.61 Å². The lowest BCUT2D eigenvalue weighted by Gasteiger charge is -2.26. The number of ketones is 1. The van der Waals surface area contributed by atoms with Crippen molar-refractivity contribution in [3.63, 3.8) is 0 Å². The second-order valence-electron chi connectivity index (χ2n) is 8.30. The van der Waals surface area contributed by atoms with Crippen LogP contribution in [0.3, 0.4) is 0 Å². The van der Waals surface area contributed by atoms with Gasteiger partial charge >= 0.3 is 0 Å². The van der Waals surface area contributed by atoms with E-state index in [-0.39, 0.29) is 30.0 Å². The molecule has 176 valence electrons. The van der Waals surface area contributed by atoms with E-state index in [9.17, 15) is 4.79 Å². The zero-order chi connectivity index (χ0) is 22.9. The normalized spacial score (nSPS) is 12.6. The summed E-state index contributed by atoms with van der Waals surface area (Å²) in [6.07, 6.45) is 0. The molecule has 33 heavy (non-hydrogen) atoms. The molecule has 2 unspecified atom stereocenters. The number of nitrogens with zero attached hydrogens (tertiary/aromatic N) is 1. The molecule has 0 aliphatic carbocycles. The van der Waals surface area contributed by atoms with Crippen molar-refractivity contribution in [2.75, 3.05) is 26.2 Å². The summed E-state index contributed by atoms with van der Waals surface area (Å²) in [7, 11) is 0. The zero-order valence-electron chi connectivity index (χ0n) is 20.2. The Bertz CT molecular complexity index is 987. The lowest BCUT2D eigenvalue weighted by molar-refractivity contribution is 0.0919. The lowest BCUT2D eigenvalue weighted by Crippen LogP contribution is -2.27. The average Bonchev–Trinajstić information content (AvgIpc) is 2.84. The van der Waals surface area contributed by atoms with E-state index in [0.717, 1.165) is 42.1 Å². The number of benzene rings is 3. The number of hydrogen-bond donors (Lipinski definition) is 0. The van der Waals surface area contributed by atoms with Crippen LogP contribution in [0.25, 0.3) is 0 Å². The Morgan fingerprint density at radius 1 is 0.909 bits per heavy atom. The molecule has 0 spiro atoms. The molecule has 3 nitrogen and oxygen atoms in total. The second kappa shape index (κ2) is 13.2. The van der Waals surface area contributed by atoms with Gasteiger partial charge < -0.3 is 9.64 Å². The van der Waals surface area contributed by atoms with Crippen LogP contribution in [0.4, 0.5) is 0 Å². The minimum atomic E-state index is -0.187. The molecule has 0 amide bonds. The van der Waals surface area contributed by atoms with Crippen LogP contribution < -0.4 is 4.74 Å². The van der Waals surface area contributed by atoms with Crippen LogP contribution in [0.15, 0.2) is 78.9 Å². The Balaban J connectivity index is 0.00000385. The molecule has 0 fully saturated rings. The van der Waals surface area contributed by atoms with Crippen molar-refractivity contribution >= 4 is 18.2 Å². The topological polar surface area (TPSA) is 29.5 Å². The fourth-order valence-electron chi connectivity index (χ4n) is 4.33. The van der Waals surface area contributed by atoms with Gasteiger partial charge in [-0.05, 0) is 48.8 Å². The van der Waals surface area contributed by atoms with Gasteiger partial charge in [0.25, 0.3) is 0 Å². The molecule has 0 N–H and O–H groups in total. The standard InChI is InChI=1S/C29H35NO2.ClH/c1-5-30(6-2)19-20-32-26-17-18-27(22(3)21-26)28(24-13-9-7-10-14-24)23(4)29(31)25-15-11-8-12-16-25;/h7-18,21,23,28H,5-6,19-20H2,1-4H3;1H. The number of carbonyl (C=O) groups excluding carboxylic acids is 1. The van der Waals surface area contributed by atoms with E-state index in [4.69, 9.17) is 4.74 Å². The number of rotatable bonds is 11. The van der Waals surface area contributed by atoms with Crippen LogP contribution in [0, 0.1) is 12.8 Å². The lowest BCUT2D eigenvalue weighted by atomic mass is 9.77. The van der Waals surface area contributed by atoms with Crippen molar-refractivity contribution < 1.29 is 9.53 Å². The van der Waals surface area contributed by atoms with Gasteiger partial charge in [0, 0.05) is 23.9 Å². The summed E-state index contributed by atoms with van der Waals surface area (Å²) < 4.78 is 6.03. The van der Waals surface area contributed by atoms with E-state index in [1.807, 2.05) is 61.5 Å². The number of hydrogen-bond acceptors (Lipinski definition) is 3. The minimum Gasteiger partial charge on any atom is -0.492 e. The van der Waals surface area contributed by atoms with Crippen molar-refractivity contribution in [1.82, 2.24) is 4.90 Å². The Labute approximate surface area is 205 Å². The van der Waals surface area contributed by atoms with Gasteiger partial charge in [-0.15, -0.1) is 12.4 Å². The van der Waals surface area contributed by atoms with Gasteiger partial charge in [-0.2, -0.15) is 0 Å². The fraction of sp³-hybridized carbons (Fsp3) is 0.345. The van der Waals surface area contributed by atoms with Gasteiger partial charge in [-0.1, -0.05) is 87.5 Å². The van der Waals surface area contributed by atoms with E-state index < -0.39 is 0 Å². The molecule has 2 atom stereocenters. The highest BCUT2D eigenvalue weighted by molar-refractivity contribution is 5.98. The summed E-state index contributed by atoms with van der Waals surface area (Å²) in [6.45, 7) is 12.2. The molecule has 0 aliphatic rings. The number of Topliss-reactive ketones (excluding diaryl/α,β-unsaturated/α-hetero) is 1. The van der Waals surface area contributed by atoms with Gasteiger partial charge in [0.2, 0.25) is 0 Å². The van der Waals surface area contributed by atoms with Gasteiger partial charge in [-0.25, -0.2) is 0 Å². The first-order valence-electron chi connectivity index (χ1n) is 11.6. The van der Waals surface area contributed by atoms with Gasteiger partial charge in [0.05, 0.1) is 0 Å². The first kappa shape index (κ1) is 26.6. The van der Waals surface area contributed by atoms with Gasteiger partial charge in [0.15, 0.2) is 5.78 Å². The predicted octanol–water partition coefficient (Wildman–Crippen LogP) is 6.79. The smallest absolute Gasteiger partial charge is 0.166 e. The highest BCUT2D eigenvalue weighted by Crippen LogP contribution is 2.36. The summed E-state index contributed by atoms with van der Waals surface area (Å²) in [6, 6.07) is 26.2. The molecule has 0 bridgehead atoms. The Morgan fingerprint density at radius 2 is 1.52 bits per heavy atom. The highest BCUT2D eigenvalue weighted by atomic mass is 35.5. The van der Waals surface area contributed by atoms with E-state index in [1.165, 1.54) is 5.56 Å². The van der Waals surface area contributed by atoms with E-state index >= 15 is 0 Å². The first-order chi connectivity index (χ1) is 15.5. The van der Waals surface area contributed by atoms with Crippen molar-refractivity contribution in [2.45, 2.75) is 33.6 Å². The van der Waals surface area contributed by atoms with Crippen LogP contribution in [0.2, 0.25) is 0 Å². The third kappa shape index (κ3) is 6.93. The maximum atomic E-state index is 13.3. The average molecular weight is 466 g/mol. The quantitative estimate of drug-likeness (QED) is 0.292. The van der Waals surface area contributed by atoms with E-state index in [2.05, 4.69) is 49.9 Å². The van der Waals surface area contributed by atoms with Crippen molar-refractivity contribution in [1.29, 1.82) is 0 Å². The van der Waals surface area contributed by atoms with Gasteiger partial charge in [0.1, 0.15) is 12.4 Å². The molecular formula is C29H36ClNO2. The van der Waals surface area contributed by atoms with Crippen LogP contribution >= 0.6 is 12.4 Å². The summed E-state index contributed by atoms with van der Waals surface area (Å²) in [5.41, 5.74) is 4.23. The maximum Gasteiger partial charge on any atom is 0.166 e. The fourth-order valence-corrected chi connectivity index (χ4v) is 4.33. The number of ether oxygens (including phenoxy) is 1. The number of aryl methyl sites for hydroxylation is 1. The summed E-state index contributed by atoms with van der Waals surface area (Å²) >= 11 is 0. The highest BCUT2D eigenvalue weighted by Gasteiger charge is 2.29. The molecule has 0 heterocycles. The summed E-state index contributed by atoms with van der Waals surface area (Å²) in [5, 5.41) is 0. The molecule has 3 rings (SSSR count). The van der Waals surface area contributed by atoms with Crippen molar-refractivity contribution in [3.05, 3.63) is 101 Å². The Morgan fingerprint density at radius 3 is 2.09 bits per heavy atom. The molecular weight excluding hydrogens is 430 g/mol. The predicted molar refractivity (Wildman–Crippen MR) is 140 cm³/mol. The molecule has 3 aromatic rings. The number of halogens is 1. The van der Waals surface area contributed by atoms with Crippen LogP contribution in [-0.4, -0.2) is 36.9 Å². The van der Waals surface area contributed by atoms with Crippen molar-refractivity contribution in [2.24, 2.45) is 5.92 Å². The SMILES string of the molecule is CCN(CC)CCOc1ccc(C(c2ccccc2)C(C)C(=O)c2ccccc2)c(C)c1.Cl. The van der Waals surface area contributed by atoms with Gasteiger partial charge in [-0.3, -0.25) is 4.79 Å². The first-order valence-corrected chi connectivity index (χ1v) is 11.6. The summed E-state index contributed by atoms with van der Waals surface area (Å²) in [4.78, 5) is 15.7. The zero-order valence-corrected chi connectivity index (χ0v) is 21.0. The number of carbonyl (C=O) groups is 1. The monoisotopic (exact) mass is 465 g/mol. The molecule has 0 saturated heterocycles. The molecule has 3 aromatic carbocycles. The third-order valence-corrected chi connectivity index (χ3v) is 6.28. The third-order valence-electron chi connectivity index (χ3n) is 6.28. The minimum absolute atomic E-state index is 0. The van der Waals surface area contributed by atoms with Crippen LogP contribution in [0.1, 0.15) is 53.7 Å². The Hall–Kier alpha value is -2.62. The second-order valence-corrected chi connectivity index (χ2v) is 8.30. The van der Waals surface area contributed by atoms with Crippen LogP contribution in [-0.2, 0) is 0 Å². The largest absolute Gasteiger partial charge is 0.492 e.